The first-order valence-electron chi connectivity index (χ1n) is 8.05. The number of fused-ring (bicyclic) bond motifs is 1. The van der Waals surface area contributed by atoms with Crippen molar-refractivity contribution in [1.82, 2.24) is 4.57 Å². The van der Waals surface area contributed by atoms with E-state index in [9.17, 15) is 22.8 Å². The minimum atomic E-state index is -4.61. The summed E-state index contributed by atoms with van der Waals surface area (Å²) < 4.78 is 40.9. The number of nitrogens with zero attached hydrogens (tertiary/aromatic N) is 1. The third-order valence-corrected chi connectivity index (χ3v) is 4.31. The molecular formula is C20H16F3NO2. The molecule has 0 saturated heterocycles. The van der Waals surface area contributed by atoms with E-state index >= 15 is 0 Å². The maximum atomic E-state index is 13.0. The topological polar surface area (TPSA) is 39.1 Å². The Balaban J connectivity index is 1.79. The summed E-state index contributed by atoms with van der Waals surface area (Å²) in [5.41, 5.74) is -0.0158. The fourth-order valence-electron chi connectivity index (χ4n) is 3.03. The number of hydrogen-bond acceptors (Lipinski definition) is 2. The van der Waals surface area contributed by atoms with Crippen molar-refractivity contribution in [2.24, 2.45) is 7.05 Å². The van der Waals surface area contributed by atoms with Crippen LogP contribution in [0.25, 0.3) is 10.9 Å². The Morgan fingerprint density at radius 2 is 1.46 bits per heavy atom. The molecule has 0 fully saturated rings. The third kappa shape index (κ3) is 3.40. The molecular weight excluding hydrogens is 343 g/mol. The summed E-state index contributed by atoms with van der Waals surface area (Å²) >= 11 is 0. The number of benzene rings is 2. The summed E-state index contributed by atoms with van der Waals surface area (Å²) in [4.78, 5) is 24.8. The van der Waals surface area contributed by atoms with E-state index in [0.29, 0.717) is 5.56 Å². The number of ketones is 2. The van der Waals surface area contributed by atoms with Gasteiger partial charge in [-0.2, -0.15) is 13.2 Å². The lowest BCUT2D eigenvalue weighted by Gasteiger charge is -2.11. The quantitative estimate of drug-likeness (QED) is 0.599. The van der Waals surface area contributed by atoms with Gasteiger partial charge >= 0.3 is 6.18 Å². The average Bonchev–Trinajstić information content (AvgIpc) is 2.96. The van der Waals surface area contributed by atoms with Crippen LogP contribution in [-0.2, 0) is 13.2 Å². The average molecular weight is 359 g/mol. The number of aromatic nitrogens is 1. The lowest BCUT2D eigenvalue weighted by molar-refractivity contribution is -0.137. The molecule has 2 aromatic carbocycles. The number of hydrogen-bond donors (Lipinski definition) is 0. The Bertz CT molecular complexity index is 986. The number of aryl methyl sites for hydroxylation is 1. The molecule has 0 radical (unpaired) electrons. The van der Waals surface area contributed by atoms with Gasteiger partial charge in [-0.05, 0) is 12.1 Å². The Morgan fingerprint density at radius 3 is 2.15 bits per heavy atom. The Hall–Kier alpha value is -2.89. The molecule has 134 valence electrons. The van der Waals surface area contributed by atoms with E-state index in [4.69, 9.17) is 0 Å². The summed E-state index contributed by atoms with van der Waals surface area (Å²) in [7, 11) is 1.81. The summed E-state index contributed by atoms with van der Waals surface area (Å²) in [6.45, 7) is 0. The second kappa shape index (κ2) is 6.78. The lowest BCUT2D eigenvalue weighted by atomic mass is 9.97. The van der Waals surface area contributed by atoms with Gasteiger partial charge in [0.05, 0.1) is 5.56 Å². The van der Waals surface area contributed by atoms with E-state index in [1.54, 1.807) is 6.20 Å². The summed E-state index contributed by atoms with van der Waals surface area (Å²) in [5, 5.41) is 0.767. The summed E-state index contributed by atoms with van der Waals surface area (Å²) in [6, 6.07) is 12.0. The number of halogens is 3. The molecule has 3 rings (SSSR count). The van der Waals surface area contributed by atoms with E-state index in [0.717, 1.165) is 23.0 Å². The molecule has 3 nitrogen and oxygen atoms in total. The predicted octanol–water partition coefficient (Wildman–Crippen LogP) is 5.04. The standard InChI is InChI=1S/C20H16F3NO2/c1-24-12-15(13-6-3-5-9-17(13)24)19(26)11-10-18(25)14-7-2-4-8-16(14)20(21,22)23/h2-9,12H,10-11H2,1H3. The fraction of sp³-hybridized carbons (Fsp3) is 0.200. The molecule has 6 heteroatoms. The van der Waals surface area contributed by atoms with Gasteiger partial charge in [-0.25, -0.2) is 0 Å². The predicted molar refractivity (Wildman–Crippen MR) is 92.3 cm³/mol. The van der Waals surface area contributed by atoms with Gasteiger partial charge in [0.1, 0.15) is 0 Å². The van der Waals surface area contributed by atoms with Gasteiger partial charge in [0.2, 0.25) is 0 Å². The molecule has 0 amide bonds. The molecule has 0 unspecified atom stereocenters. The molecule has 0 aliphatic carbocycles. The first-order chi connectivity index (χ1) is 12.3. The van der Waals surface area contributed by atoms with Crippen LogP contribution in [0.4, 0.5) is 13.2 Å². The second-order valence-corrected chi connectivity index (χ2v) is 6.06. The molecule has 1 heterocycles. The highest BCUT2D eigenvalue weighted by atomic mass is 19.4. The molecule has 0 N–H and O–H groups in total. The fourth-order valence-corrected chi connectivity index (χ4v) is 3.03. The first kappa shape index (κ1) is 17.9. The van der Waals surface area contributed by atoms with E-state index in [2.05, 4.69) is 0 Å². The third-order valence-electron chi connectivity index (χ3n) is 4.31. The minimum absolute atomic E-state index is 0.140. The van der Waals surface area contributed by atoms with Crippen molar-refractivity contribution in [3.05, 3.63) is 71.4 Å². The molecule has 0 atom stereocenters. The second-order valence-electron chi connectivity index (χ2n) is 6.06. The molecule has 1 aromatic heterocycles. The molecule has 3 aromatic rings. The molecule has 0 saturated carbocycles. The maximum Gasteiger partial charge on any atom is 0.417 e. The van der Waals surface area contributed by atoms with Crippen molar-refractivity contribution in [2.45, 2.75) is 19.0 Å². The highest BCUT2D eigenvalue weighted by molar-refractivity contribution is 6.09. The summed E-state index contributed by atoms with van der Waals surface area (Å²) in [5.74, 6) is -0.953. The maximum absolute atomic E-state index is 13.0. The van der Waals surface area contributed by atoms with E-state index < -0.39 is 23.1 Å². The van der Waals surface area contributed by atoms with Crippen molar-refractivity contribution in [1.29, 1.82) is 0 Å². The minimum Gasteiger partial charge on any atom is -0.350 e. The number of alkyl halides is 3. The smallest absolute Gasteiger partial charge is 0.350 e. The van der Waals surface area contributed by atoms with Crippen LogP contribution in [0.1, 0.15) is 39.1 Å². The summed E-state index contributed by atoms with van der Waals surface area (Å²) in [6.07, 6.45) is -3.33. The number of rotatable bonds is 5. The van der Waals surface area contributed by atoms with Gasteiger partial charge in [-0.1, -0.05) is 36.4 Å². The highest BCUT2D eigenvalue weighted by Gasteiger charge is 2.34. The van der Waals surface area contributed by atoms with Gasteiger partial charge in [0.25, 0.3) is 0 Å². The van der Waals surface area contributed by atoms with Gasteiger partial charge in [0.15, 0.2) is 11.6 Å². The molecule has 0 spiro atoms. The van der Waals surface area contributed by atoms with Crippen LogP contribution in [0, 0.1) is 0 Å². The Labute approximate surface area is 148 Å². The van der Waals surface area contributed by atoms with Crippen LogP contribution >= 0.6 is 0 Å². The van der Waals surface area contributed by atoms with E-state index in [-0.39, 0.29) is 18.6 Å². The Morgan fingerprint density at radius 1 is 0.885 bits per heavy atom. The van der Waals surface area contributed by atoms with Gasteiger partial charge < -0.3 is 4.57 Å². The van der Waals surface area contributed by atoms with E-state index in [1.165, 1.54) is 12.1 Å². The van der Waals surface area contributed by atoms with Crippen molar-refractivity contribution >= 4 is 22.5 Å². The molecule has 0 bridgehead atoms. The Kier molecular flexibility index (Phi) is 4.68. The highest BCUT2D eigenvalue weighted by Crippen LogP contribution is 2.32. The van der Waals surface area contributed by atoms with Crippen LogP contribution in [-0.4, -0.2) is 16.1 Å². The molecule has 0 aliphatic rings. The molecule has 26 heavy (non-hydrogen) atoms. The molecule has 0 aliphatic heterocycles. The first-order valence-corrected chi connectivity index (χ1v) is 8.05. The zero-order valence-corrected chi connectivity index (χ0v) is 14.0. The number of Topliss-reactive ketones (excluding diaryl/α,β-unsaturated/α-hetero) is 2. The van der Waals surface area contributed by atoms with Gasteiger partial charge in [-0.15, -0.1) is 0 Å². The van der Waals surface area contributed by atoms with Crippen molar-refractivity contribution in [3.8, 4) is 0 Å². The van der Waals surface area contributed by atoms with Crippen LogP contribution < -0.4 is 0 Å². The zero-order chi connectivity index (χ0) is 18.9. The van der Waals surface area contributed by atoms with Crippen molar-refractivity contribution < 1.29 is 22.8 Å². The van der Waals surface area contributed by atoms with Crippen LogP contribution in [0.3, 0.4) is 0 Å². The lowest BCUT2D eigenvalue weighted by Crippen LogP contribution is -2.14. The largest absolute Gasteiger partial charge is 0.417 e. The normalized spacial score (nSPS) is 11.7. The van der Waals surface area contributed by atoms with Crippen LogP contribution in [0.15, 0.2) is 54.7 Å². The zero-order valence-electron chi connectivity index (χ0n) is 14.0. The number of para-hydroxylation sites is 1. The number of carbonyl (C=O) groups excluding carboxylic acids is 2. The van der Waals surface area contributed by atoms with Crippen molar-refractivity contribution in [2.75, 3.05) is 0 Å². The van der Waals surface area contributed by atoms with Crippen molar-refractivity contribution in [3.63, 3.8) is 0 Å². The monoisotopic (exact) mass is 359 g/mol. The number of carbonyl (C=O) groups is 2. The van der Waals surface area contributed by atoms with Gasteiger partial charge in [0, 0.05) is 48.1 Å². The SMILES string of the molecule is Cn1cc(C(=O)CCC(=O)c2ccccc2C(F)(F)F)c2ccccc21. The van der Waals surface area contributed by atoms with E-state index in [1.807, 2.05) is 35.9 Å². The van der Waals surface area contributed by atoms with Crippen LogP contribution in [0.2, 0.25) is 0 Å². The van der Waals surface area contributed by atoms with Crippen LogP contribution in [0.5, 0.6) is 0 Å². The van der Waals surface area contributed by atoms with Gasteiger partial charge in [-0.3, -0.25) is 9.59 Å².